The van der Waals surface area contributed by atoms with E-state index in [1.165, 1.54) is 0 Å². The molecule has 0 spiro atoms. The van der Waals surface area contributed by atoms with Crippen molar-refractivity contribution < 1.29 is 13.6 Å². The number of hydrogen-bond acceptors (Lipinski definition) is 1. The molecule has 0 aliphatic rings. The Morgan fingerprint density at radius 1 is 1.45 bits per heavy atom. The van der Waals surface area contributed by atoms with Gasteiger partial charge in [-0.1, -0.05) is 0 Å². The van der Waals surface area contributed by atoms with E-state index in [9.17, 15) is 13.6 Å². The fourth-order valence-electron chi connectivity index (χ4n) is 0.342. The van der Waals surface area contributed by atoms with Gasteiger partial charge in [0.15, 0.2) is 0 Å². The van der Waals surface area contributed by atoms with Crippen molar-refractivity contribution in [3.63, 3.8) is 0 Å². The molecule has 0 radical (unpaired) electrons. The lowest BCUT2D eigenvalue weighted by molar-refractivity contribution is -0.139. The van der Waals surface area contributed by atoms with Gasteiger partial charge in [-0.2, -0.15) is 0 Å². The highest BCUT2D eigenvalue weighted by atomic mass is 35.5. The van der Waals surface area contributed by atoms with Crippen molar-refractivity contribution in [1.29, 1.82) is 0 Å². The van der Waals surface area contributed by atoms with Crippen molar-refractivity contribution in [2.75, 3.05) is 5.88 Å². The van der Waals surface area contributed by atoms with Gasteiger partial charge in [0.05, 0.1) is 0 Å². The summed E-state index contributed by atoms with van der Waals surface area (Å²) in [7, 11) is 0. The summed E-state index contributed by atoms with van der Waals surface area (Å²) < 4.78 is 25.3. The average molecular weight is 205 g/mol. The third-order valence-electron chi connectivity index (χ3n) is 1.67. The van der Waals surface area contributed by atoms with Gasteiger partial charge < -0.3 is 0 Å². The molecule has 1 unspecified atom stereocenters. The molecule has 0 bridgehead atoms. The molecule has 0 saturated carbocycles. The van der Waals surface area contributed by atoms with Crippen LogP contribution in [-0.4, -0.2) is 17.0 Å². The maximum atomic E-state index is 12.6. The maximum absolute atomic E-state index is 12.6. The Labute approximate surface area is 73.7 Å². The number of hydrogen-bond donors (Lipinski definition) is 0. The summed E-state index contributed by atoms with van der Waals surface area (Å²) >= 11 is 10.2. The predicted octanol–water partition coefficient (Wildman–Crippen LogP) is 2.65. The monoisotopic (exact) mass is 204 g/mol. The molecule has 0 heterocycles. The highest BCUT2D eigenvalue weighted by molar-refractivity contribution is 6.65. The fraction of sp³-hybridized carbons (Fsp3) is 0.833. The number of carbonyl (C=O) groups excluding carboxylic acids is 1. The van der Waals surface area contributed by atoms with Crippen LogP contribution >= 0.6 is 23.2 Å². The second-order valence-corrected chi connectivity index (χ2v) is 3.24. The largest absolute Gasteiger partial charge is 0.280 e. The molecule has 0 saturated heterocycles. The molecule has 66 valence electrons. The highest BCUT2D eigenvalue weighted by Gasteiger charge is 2.50. The zero-order chi connectivity index (χ0) is 9.28. The Balaban J connectivity index is 4.75. The standard InChI is InChI=1S/C6H8Cl2F2O/c1-5(3-7,4(8)11)6(2,9)10/h3H2,1-2H3. The summed E-state index contributed by atoms with van der Waals surface area (Å²) in [5.74, 6) is -3.67. The molecule has 0 aromatic carbocycles. The molecule has 11 heavy (non-hydrogen) atoms. The molecule has 0 N–H and O–H groups in total. The highest BCUT2D eigenvalue weighted by Crippen LogP contribution is 2.39. The van der Waals surface area contributed by atoms with Crippen LogP contribution in [0.3, 0.4) is 0 Å². The van der Waals surface area contributed by atoms with Crippen LogP contribution in [0.4, 0.5) is 8.78 Å². The summed E-state index contributed by atoms with van der Waals surface area (Å²) in [5.41, 5.74) is -1.96. The Morgan fingerprint density at radius 3 is 1.82 bits per heavy atom. The number of alkyl halides is 3. The predicted molar refractivity (Wildman–Crippen MR) is 40.3 cm³/mol. The molecule has 1 nitrogen and oxygen atoms in total. The van der Waals surface area contributed by atoms with Crippen LogP contribution in [0.25, 0.3) is 0 Å². The number of carbonyl (C=O) groups is 1. The second kappa shape index (κ2) is 3.23. The van der Waals surface area contributed by atoms with E-state index in [0.29, 0.717) is 6.92 Å². The van der Waals surface area contributed by atoms with E-state index < -0.39 is 22.5 Å². The topological polar surface area (TPSA) is 17.1 Å². The van der Waals surface area contributed by atoms with Crippen LogP contribution in [0.2, 0.25) is 0 Å². The lowest BCUT2D eigenvalue weighted by Crippen LogP contribution is -2.42. The van der Waals surface area contributed by atoms with Gasteiger partial charge in [-0.3, -0.25) is 4.79 Å². The zero-order valence-corrected chi connectivity index (χ0v) is 7.64. The Hall–Kier alpha value is 0.110. The van der Waals surface area contributed by atoms with Gasteiger partial charge in [-0.15, -0.1) is 11.6 Å². The summed E-state index contributed by atoms with van der Waals surface area (Å²) in [5, 5.41) is -1.11. The Morgan fingerprint density at radius 2 is 1.82 bits per heavy atom. The minimum Gasteiger partial charge on any atom is -0.280 e. The smallest absolute Gasteiger partial charge is 0.259 e. The third kappa shape index (κ3) is 2.03. The molecule has 0 aliphatic heterocycles. The number of halogens is 4. The normalized spacial score (nSPS) is 17.6. The van der Waals surface area contributed by atoms with E-state index in [1.807, 2.05) is 0 Å². The van der Waals surface area contributed by atoms with Gasteiger partial charge in [0, 0.05) is 12.8 Å². The quantitative estimate of drug-likeness (QED) is 0.511. The van der Waals surface area contributed by atoms with Crippen LogP contribution in [-0.2, 0) is 4.79 Å². The molecule has 5 heteroatoms. The van der Waals surface area contributed by atoms with E-state index in [0.717, 1.165) is 6.92 Å². The first kappa shape index (κ1) is 11.1. The SMILES string of the molecule is CC(F)(F)C(C)(CCl)C(=O)Cl. The summed E-state index contributed by atoms with van der Waals surface area (Å²) in [6.45, 7) is 1.66. The van der Waals surface area contributed by atoms with Crippen LogP contribution < -0.4 is 0 Å². The fourth-order valence-corrected chi connectivity index (χ4v) is 1.000. The van der Waals surface area contributed by atoms with Crippen molar-refractivity contribution >= 4 is 28.4 Å². The van der Waals surface area contributed by atoms with Crippen LogP contribution in [0.5, 0.6) is 0 Å². The minimum atomic E-state index is -3.19. The van der Waals surface area contributed by atoms with Crippen molar-refractivity contribution in [2.24, 2.45) is 5.41 Å². The van der Waals surface area contributed by atoms with Crippen molar-refractivity contribution in [2.45, 2.75) is 19.8 Å². The maximum Gasteiger partial charge on any atom is 0.259 e. The molecular formula is C6H8Cl2F2O. The van der Waals surface area contributed by atoms with Crippen molar-refractivity contribution in [1.82, 2.24) is 0 Å². The van der Waals surface area contributed by atoms with E-state index >= 15 is 0 Å². The van der Waals surface area contributed by atoms with Crippen LogP contribution in [0.1, 0.15) is 13.8 Å². The molecule has 0 aromatic heterocycles. The zero-order valence-electron chi connectivity index (χ0n) is 6.13. The van der Waals surface area contributed by atoms with Crippen molar-refractivity contribution in [3.8, 4) is 0 Å². The summed E-state index contributed by atoms with van der Waals surface area (Å²) in [6.07, 6.45) is 0. The first-order valence-electron chi connectivity index (χ1n) is 2.89. The molecular weight excluding hydrogens is 197 g/mol. The molecule has 1 atom stereocenters. The molecule has 0 amide bonds. The molecule has 0 rings (SSSR count). The third-order valence-corrected chi connectivity index (χ3v) is 2.62. The molecule has 0 aliphatic carbocycles. The van der Waals surface area contributed by atoms with Gasteiger partial charge in [0.25, 0.3) is 5.92 Å². The Bertz CT molecular complexity index is 166. The van der Waals surface area contributed by atoms with Crippen LogP contribution in [0, 0.1) is 5.41 Å². The molecule has 0 fully saturated rings. The Kier molecular flexibility index (Phi) is 3.27. The van der Waals surface area contributed by atoms with Crippen LogP contribution in [0.15, 0.2) is 0 Å². The lowest BCUT2D eigenvalue weighted by Gasteiger charge is -2.28. The average Bonchev–Trinajstić information content (AvgIpc) is 1.83. The van der Waals surface area contributed by atoms with E-state index in [1.54, 1.807) is 0 Å². The van der Waals surface area contributed by atoms with E-state index in [2.05, 4.69) is 0 Å². The summed E-state index contributed by atoms with van der Waals surface area (Å²) in [6, 6.07) is 0. The first-order valence-corrected chi connectivity index (χ1v) is 3.80. The molecule has 0 aromatic rings. The number of rotatable bonds is 3. The van der Waals surface area contributed by atoms with Crippen molar-refractivity contribution in [3.05, 3.63) is 0 Å². The first-order chi connectivity index (χ1) is 4.75. The van der Waals surface area contributed by atoms with Gasteiger partial charge in [0.1, 0.15) is 5.41 Å². The summed E-state index contributed by atoms with van der Waals surface area (Å²) in [4.78, 5) is 10.5. The van der Waals surface area contributed by atoms with Gasteiger partial charge >= 0.3 is 0 Å². The van der Waals surface area contributed by atoms with Gasteiger partial charge in [-0.25, -0.2) is 8.78 Å². The minimum absolute atomic E-state index is 0.487. The van der Waals surface area contributed by atoms with E-state index in [4.69, 9.17) is 23.2 Å². The van der Waals surface area contributed by atoms with E-state index in [-0.39, 0.29) is 0 Å². The lowest BCUT2D eigenvalue weighted by atomic mass is 9.88. The van der Waals surface area contributed by atoms with Gasteiger partial charge in [-0.05, 0) is 18.5 Å². The second-order valence-electron chi connectivity index (χ2n) is 2.63. The van der Waals surface area contributed by atoms with Gasteiger partial charge in [0.2, 0.25) is 5.24 Å².